The molecule has 1 aliphatic rings. The molecule has 0 radical (unpaired) electrons. The van der Waals surface area contributed by atoms with Gasteiger partial charge in [0.25, 0.3) is 5.69 Å². The van der Waals surface area contributed by atoms with Gasteiger partial charge in [-0.3, -0.25) is 10.1 Å². The number of nitrogens with zero attached hydrogens (tertiary/aromatic N) is 2. The molecule has 1 fully saturated rings. The highest BCUT2D eigenvalue weighted by Crippen LogP contribution is 2.48. The monoisotopic (exact) mass is 271 g/mol. The fourth-order valence-electron chi connectivity index (χ4n) is 1.86. The maximum absolute atomic E-state index is 10.5. The SMILES string of the molecule is O=[N+]([O-])c1cnc(NCC2(CCO)CC2)c(Cl)c1. The van der Waals surface area contributed by atoms with Crippen LogP contribution >= 0.6 is 11.6 Å². The molecule has 0 aromatic carbocycles. The molecule has 98 valence electrons. The minimum absolute atomic E-state index is 0.123. The highest BCUT2D eigenvalue weighted by atomic mass is 35.5. The van der Waals surface area contributed by atoms with E-state index in [4.69, 9.17) is 16.7 Å². The third-order valence-corrected chi connectivity index (χ3v) is 3.56. The van der Waals surface area contributed by atoms with E-state index in [-0.39, 0.29) is 22.7 Å². The molecular weight excluding hydrogens is 258 g/mol. The molecule has 0 spiro atoms. The maximum Gasteiger partial charge on any atom is 0.289 e. The molecule has 2 rings (SSSR count). The Bertz CT molecular complexity index is 463. The number of halogens is 1. The van der Waals surface area contributed by atoms with E-state index in [0.29, 0.717) is 12.4 Å². The van der Waals surface area contributed by atoms with Crippen molar-refractivity contribution in [1.82, 2.24) is 4.98 Å². The molecule has 0 atom stereocenters. The summed E-state index contributed by atoms with van der Waals surface area (Å²) in [5, 5.41) is 22.8. The van der Waals surface area contributed by atoms with E-state index in [9.17, 15) is 10.1 Å². The normalized spacial score (nSPS) is 16.3. The van der Waals surface area contributed by atoms with Crippen LogP contribution in [0.1, 0.15) is 19.3 Å². The summed E-state index contributed by atoms with van der Waals surface area (Å²) in [5.41, 5.74) is 0.0173. The standard InChI is InChI=1S/C11H14ClN3O3/c12-9-5-8(15(17)18)6-13-10(9)14-7-11(1-2-11)3-4-16/h5-6,16H,1-4,7H2,(H,13,14). The Morgan fingerprint density at radius 1 is 1.61 bits per heavy atom. The van der Waals surface area contributed by atoms with Gasteiger partial charge in [0.15, 0.2) is 0 Å². The zero-order valence-corrected chi connectivity index (χ0v) is 10.5. The van der Waals surface area contributed by atoms with Crippen molar-refractivity contribution in [1.29, 1.82) is 0 Å². The zero-order valence-electron chi connectivity index (χ0n) is 9.73. The minimum atomic E-state index is -0.531. The van der Waals surface area contributed by atoms with Crippen molar-refractivity contribution in [2.75, 3.05) is 18.5 Å². The first-order valence-corrected chi connectivity index (χ1v) is 6.09. The van der Waals surface area contributed by atoms with Gasteiger partial charge in [0.2, 0.25) is 0 Å². The van der Waals surface area contributed by atoms with Crippen molar-refractivity contribution in [2.45, 2.75) is 19.3 Å². The molecule has 0 aliphatic heterocycles. The number of hydrogen-bond donors (Lipinski definition) is 2. The van der Waals surface area contributed by atoms with E-state index in [0.717, 1.165) is 19.3 Å². The van der Waals surface area contributed by atoms with Crippen LogP contribution in [0.3, 0.4) is 0 Å². The van der Waals surface area contributed by atoms with E-state index in [1.807, 2.05) is 0 Å². The van der Waals surface area contributed by atoms with Crippen LogP contribution in [0.25, 0.3) is 0 Å². The number of pyridine rings is 1. The predicted octanol–water partition coefficient (Wildman–Crippen LogP) is 2.22. The molecular formula is C11H14ClN3O3. The lowest BCUT2D eigenvalue weighted by Gasteiger charge is -2.15. The molecule has 1 saturated carbocycles. The predicted molar refractivity (Wildman–Crippen MR) is 67.8 cm³/mol. The molecule has 0 saturated heterocycles. The Morgan fingerprint density at radius 2 is 2.33 bits per heavy atom. The molecule has 7 heteroatoms. The summed E-state index contributed by atoms with van der Waals surface area (Å²) in [4.78, 5) is 13.9. The number of aromatic nitrogens is 1. The third-order valence-electron chi connectivity index (χ3n) is 3.27. The summed E-state index contributed by atoms with van der Waals surface area (Å²) >= 11 is 5.92. The van der Waals surface area contributed by atoms with E-state index in [1.54, 1.807) is 0 Å². The van der Waals surface area contributed by atoms with Crippen LogP contribution in [-0.4, -0.2) is 28.2 Å². The van der Waals surface area contributed by atoms with Gasteiger partial charge >= 0.3 is 0 Å². The Kier molecular flexibility index (Phi) is 3.68. The summed E-state index contributed by atoms with van der Waals surface area (Å²) in [6.45, 7) is 0.848. The van der Waals surface area contributed by atoms with Crippen LogP contribution in [0.5, 0.6) is 0 Å². The van der Waals surface area contributed by atoms with Crippen molar-refractivity contribution >= 4 is 23.1 Å². The van der Waals surface area contributed by atoms with Gasteiger partial charge in [0.05, 0.1) is 9.95 Å². The van der Waals surface area contributed by atoms with Crippen LogP contribution in [-0.2, 0) is 0 Å². The summed E-state index contributed by atoms with van der Waals surface area (Å²) in [6.07, 6.45) is 4.08. The number of hydrogen-bond acceptors (Lipinski definition) is 5. The lowest BCUT2D eigenvalue weighted by atomic mass is 10.0. The molecule has 1 aliphatic carbocycles. The minimum Gasteiger partial charge on any atom is -0.396 e. The van der Waals surface area contributed by atoms with Crippen molar-refractivity contribution in [3.05, 3.63) is 27.4 Å². The smallest absolute Gasteiger partial charge is 0.289 e. The van der Waals surface area contributed by atoms with Crippen LogP contribution in [0.2, 0.25) is 5.02 Å². The number of nitro groups is 1. The molecule has 1 heterocycles. The Hall–Kier alpha value is -1.40. The fraction of sp³-hybridized carbons (Fsp3) is 0.545. The third kappa shape index (κ3) is 2.88. The van der Waals surface area contributed by atoms with Crippen LogP contribution in [0, 0.1) is 15.5 Å². The average Bonchev–Trinajstić information content (AvgIpc) is 3.08. The van der Waals surface area contributed by atoms with Crippen LogP contribution in [0.15, 0.2) is 12.3 Å². The molecule has 6 nitrogen and oxygen atoms in total. The van der Waals surface area contributed by atoms with Crippen LogP contribution < -0.4 is 5.32 Å². The van der Waals surface area contributed by atoms with Gasteiger partial charge in [0.1, 0.15) is 12.0 Å². The van der Waals surface area contributed by atoms with E-state index in [1.165, 1.54) is 12.3 Å². The maximum atomic E-state index is 10.5. The largest absolute Gasteiger partial charge is 0.396 e. The van der Waals surface area contributed by atoms with Gasteiger partial charge in [-0.25, -0.2) is 4.98 Å². The Labute approximate surface area is 109 Å². The quantitative estimate of drug-likeness (QED) is 0.612. The molecule has 0 bridgehead atoms. The van der Waals surface area contributed by atoms with Crippen molar-refractivity contribution in [2.24, 2.45) is 5.41 Å². The lowest BCUT2D eigenvalue weighted by Crippen LogP contribution is -2.17. The second-order valence-electron chi connectivity index (χ2n) is 4.61. The van der Waals surface area contributed by atoms with E-state index in [2.05, 4.69) is 10.3 Å². The summed E-state index contributed by atoms with van der Waals surface area (Å²) in [7, 11) is 0. The molecule has 1 aromatic rings. The first-order chi connectivity index (χ1) is 8.56. The average molecular weight is 272 g/mol. The van der Waals surface area contributed by atoms with Gasteiger partial charge < -0.3 is 10.4 Å². The van der Waals surface area contributed by atoms with Crippen molar-refractivity contribution in [3.8, 4) is 0 Å². The van der Waals surface area contributed by atoms with E-state index >= 15 is 0 Å². The number of rotatable bonds is 6. The first-order valence-electron chi connectivity index (χ1n) is 5.71. The topological polar surface area (TPSA) is 88.3 Å². The summed E-state index contributed by atoms with van der Waals surface area (Å²) < 4.78 is 0. The van der Waals surface area contributed by atoms with Gasteiger partial charge in [-0.05, 0) is 24.7 Å². The van der Waals surface area contributed by atoms with Gasteiger partial charge in [-0.1, -0.05) is 11.6 Å². The number of anilines is 1. The molecule has 0 unspecified atom stereocenters. The molecule has 1 aromatic heterocycles. The highest BCUT2D eigenvalue weighted by molar-refractivity contribution is 6.33. The number of nitrogens with one attached hydrogen (secondary N) is 1. The van der Waals surface area contributed by atoms with E-state index < -0.39 is 4.92 Å². The molecule has 2 N–H and O–H groups in total. The molecule has 18 heavy (non-hydrogen) atoms. The summed E-state index contributed by atoms with van der Waals surface area (Å²) in [6, 6.07) is 1.28. The van der Waals surface area contributed by atoms with Crippen molar-refractivity contribution in [3.63, 3.8) is 0 Å². The number of aliphatic hydroxyl groups excluding tert-OH is 1. The fourth-order valence-corrected chi connectivity index (χ4v) is 2.09. The van der Waals surface area contributed by atoms with Crippen molar-refractivity contribution < 1.29 is 10.0 Å². The Morgan fingerprint density at radius 3 is 2.83 bits per heavy atom. The number of aliphatic hydroxyl groups is 1. The lowest BCUT2D eigenvalue weighted by molar-refractivity contribution is -0.385. The van der Waals surface area contributed by atoms with Gasteiger partial charge in [-0.15, -0.1) is 0 Å². The first kappa shape index (κ1) is 13.0. The second-order valence-corrected chi connectivity index (χ2v) is 5.02. The van der Waals surface area contributed by atoms with Crippen LogP contribution in [0.4, 0.5) is 11.5 Å². The Balaban J connectivity index is 2.00. The second kappa shape index (κ2) is 5.07. The van der Waals surface area contributed by atoms with Gasteiger partial charge in [-0.2, -0.15) is 0 Å². The molecule has 0 amide bonds. The summed E-state index contributed by atoms with van der Waals surface area (Å²) in [5.74, 6) is 0.450. The zero-order chi connectivity index (χ0) is 13.2. The van der Waals surface area contributed by atoms with Gasteiger partial charge in [0, 0.05) is 19.2 Å². The highest BCUT2D eigenvalue weighted by Gasteiger charge is 2.41.